The molecule has 0 radical (unpaired) electrons. The lowest BCUT2D eigenvalue weighted by atomic mass is 10.2. The van der Waals surface area contributed by atoms with Crippen LogP contribution in [0.15, 0.2) is 11.4 Å². The van der Waals surface area contributed by atoms with E-state index in [1.54, 1.807) is 11.3 Å². The van der Waals surface area contributed by atoms with Crippen LogP contribution in [0.3, 0.4) is 0 Å². The first-order valence-electron chi connectivity index (χ1n) is 4.90. The van der Waals surface area contributed by atoms with Crippen molar-refractivity contribution < 1.29 is 9.84 Å². The molecular formula is C10H16ClNO2S. The Morgan fingerprint density at radius 1 is 1.60 bits per heavy atom. The monoisotopic (exact) mass is 249 g/mol. The summed E-state index contributed by atoms with van der Waals surface area (Å²) in [6, 6.07) is 2.25. The Bertz CT molecular complexity index is 280. The summed E-state index contributed by atoms with van der Waals surface area (Å²) in [7, 11) is 0. The topological polar surface area (TPSA) is 41.5 Å². The van der Waals surface area contributed by atoms with Crippen molar-refractivity contribution in [2.24, 2.45) is 0 Å². The molecule has 0 aliphatic heterocycles. The molecule has 86 valence electrons. The summed E-state index contributed by atoms with van der Waals surface area (Å²) in [5.74, 6) is 0. The predicted octanol–water partition coefficient (Wildman–Crippen LogP) is 2.06. The Morgan fingerprint density at radius 2 is 2.40 bits per heavy atom. The molecule has 1 unspecified atom stereocenters. The Morgan fingerprint density at radius 3 is 3.00 bits per heavy atom. The number of aliphatic hydroxyl groups is 1. The van der Waals surface area contributed by atoms with E-state index in [1.165, 1.54) is 5.56 Å². The number of ether oxygens (including phenoxy) is 1. The lowest BCUT2D eigenvalue weighted by Crippen LogP contribution is -2.23. The fourth-order valence-electron chi connectivity index (χ4n) is 1.18. The molecule has 0 aliphatic carbocycles. The van der Waals surface area contributed by atoms with E-state index in [0.29, 0.717) is 13.2 Å². The second kappa shape index (κ2) is 7.19. The molecule has 15 heavy (non-hydrogen) atoms. The summed E-state index contributed by atoms with van der Waals surface area (Å²) in [6.07, 6.45) is 0. The van der Waals surface area contributed by atoms with Crippen LogP contribution in [0.4, 0.5) is 0 Å². The molecule has 1 heterocycles. The fourth-order valence-corrected chi connectivity index (χ4v) is 2.17. The highest BCUT2D eigenvalue weighted by molar-refractivity contribution is 7.14. The zero-order valence-corrected chi connectivity index (χ0v) is 10.3. The van der Waals surface area contributed by atoms with Crippen LogP contribution in [-0.2, 0) is 4.74 Å². The number of hydrogen-bond acceptors (Lipinski definition) is 4. The molecule has 3 nitrogen and oxygen atoms in total. The summed E-state index contributed by atoms with van der Waals surface area (Å²) >= 11 is 7.39. The Kier molecular flexibility index (Phi) is 6.20. The van der Waals surface area contributed by atoms with Gasteiger partial charge in [-0.3, -0.25) is 0 Å². The minimum Gasteiger partial charge on any atom is -0.394 e. The minimum absolute atomic E-state index is 0.0791. The van der Waals surface area contributed by atoms with Crippen molar-refractivity contribution in [2.45, 2.75) is 13.0 Å². The zero-order valence-electron chi connectivity index (χ0n) is 8.70. The van der Waals surface area contributed by atoms with Gasteiger partial charge in [-0.1, -0.05) is 11.6 Å². The standard InChI is InChI=1S/C10H16ClNO2S/c1-8(9-6-10(11)15-7-9)12-2-4-14-5-3-13/h6-8,12-13H,2-5H2,1H3. The molecule has 0 saturated carbocycles. The summed E-state index contributed by atoms with van der Waals surface area (Å²) in [6.45, 7) is 3.96. The maximum atomic E-state index is 8.50. The number of rotatable bonds is 7. The molecule has 1 atom stereocenters. The summed E-state index contributed by atoms with van der Waals surface area (Å²) in [5.41, 5.74) is 1.20. The largest absolute Gasteiger partial charge is 0.394 e. The van der Waals surface area contributed by atoms with E-state index >= 15 is 0 Å². The van der Waals surface area contributed by atoms with Crippen LogP contribution in [0.5, 0.6) is 0 Å². The average Bonchev–Trinajstić information content (AvgIpc) is 2.64. The van der Waals surface area contributed by atoms with Gasteiger partial charge in [-0.25, -0.2) is 0 Å². The van der Waals surface area contributed by atoms with E-state index in [4.69, 9.17) is 21.4 Å². The molecule has 0 aliphatic rings. The van der Waals surface area contributed by atoms with Crippen molar-refractivity contribution in [3.63, 3.8) is 0 Å². The smallest absolute Gasteiger partial charge is 0.0931 e. The summed E-state index contributed by atoms with van der Waals surface area (Å²) < 4.78 is 5.95. The molecule has 0 amide bonds. The van der Waals surface area contributed by atoms with Gasteiger partial charge in [0, 0.05) is 12.6 Å². The zero-order chi connectivity index (χ0) is 11.1. The van der Waals surface area contributed by atoms with Gasteiger partial charge < -0.3 is 15.2 Å². The number of aliphatic hydroxyl groups excluding tert-OH is 1. The molecule has 1 aromatic heterocycles. The second-order valence-electron chi connectivity index (χ2n) is 3.20. The molecule has 1 rings (SSSR count). The third kappa shape index (κ3) is 4.95. The quantitative estimate of drug-likeness (QED) is 0.727. The first-order valence-corrected chi connectivity index (χ1v) is 6.15. The molecule has 0 bridgehead atoms. The van der Waals surface area contributed by atoms with Crippen LogP contribution in [0.1, 0.15) is 18.5 Å². The van der Waals surface area contributed by atoms with E-state index in [-0.39, 0.29) is 12.6 Å². The van der Waals surface area contributed by atoms with Gasteiger partial charge in [-0.15, -0.1) is 11.3 Å². The Hall–Kier alpha value is -0.130. The minimum atomic E-state index is 0.0791. The fraction of sp³-hybridized carbons (Fsp3) is 0.600. The summed E-state index contributed by atoms with van der Waals surface area (Å²) in [4.78, 5) is 0. The Balaban J connectivity index is 2.16. The third-order valence-corrected chi connectivity index (χ3v) is 3.13. The van der Waals surface area contributed by atoms with E-state index < -0.39 is 0 Å². The van der Waals surface area contributed by atoms with E-state index in [9.17, 15) is 0 Å². The van der Waals surface area contributed by atoms with Crippen LogP contribution < -0.4 is 5.32 Å². The van der Waals surface area contributed by atoms with Crippen LogP contribution in [0.25, 0.3) is 0 Å². The highest BCUT2D eigenvalue weighted by Crippen LogP contribution is 2.24. The van der Waals surface area contributed by atoms with Crippen molar-refractivity contribution in [1.29, 1.82) is 0 Å². The first-order chi connectivity index (χ1) is 7.24. The SMILES string of the molecule is CC(NCCOCCO)c1csc(Cl)c1. The van der Waals surface area contributed by atoms with Crippen LogP contribution in [0, 0.1) is 0 Å². The molecule has 0 spiro atoms. The normalized spacial score (nSPS) is 13.0. The van der Waals surface area contributed by atoms with Gasteiger partial charge in [-0.2, -0.15) is 0 Å². The highest BCUT2D eigenvalue weighted by Gasteiger charge is 2.06. The maximum absolute atomic E-state index is 8.50. The Labute approximate surface area is 99.0 Å². The van der Waals surface area contributed by atoms with E-state index in [2.05, 4.69) is 17.6 Å². The van der Waals surface area contributed by atoms with Gasteiger partial charge in [0.15, 0.2) is 0 Å². The van der Waals surface area contributed by atoms with Gasteiger partial charge in [0.2, 0.25) is 0 Å². The van der Waals surface area contributed by atoms with Gasteiger partial charge in [0.25, 0.3) is 0 Å². The van der Waals surface area contributed by atoms with E-state index in [1.807, 2.05) is 6.07 Å². The van der Waals surface area contributed by atoms with Crippen LogP contribution in [0.2, 0.25) is 4.34 Å². The molecule has 5 heteroatoms. The number of halogens is 1. The van der Waals surface area contributed by atoms with Crippen molar-refractivity contribution in [3.05, 3.63) is 21.3 Å². The van der Waals surface area contributed by atoms with Crippen molar-refractivity contribution in [2.75, 3.05) is 26.4 Å². The lowest BCUT2D eigenvalue weighted by molar-refractivity contribution is 0.0928. The van der Waals surface area contributed by atoms with Crippen molar-refractivity contribution >= 4 is 22.9 Å². The molecule has 0 saturated heterocycles. The number of thiophene rings is 1. The number of nitrogens with one attached hydrogen (secondary N) is 1. The lowest BCUT2D eigenvalue weighted by Gasteiger charge is -2.12. The van der Waals surface area contributed by atoms with Gasteiger partial charge in [0.1, 0.15) is 0 Å². The van der Waals surface area contributed by atoms with Gasteiger partial charge >= 0.3 is 0 Å². The molecule has 1 aromatic rings. The average molecular weight is 250 g/mol. The van der Waals surface area contributed by atoms with Gasteiger partial charge in [0.05, 0.1) is 24.2 Å². The van der Waals surface area contributed by atoms with E-state index in [0.717, 1.165) is 10.9 Å². The van der Waals surface area contributed by atoms with Crippen molar-refractivity contribution in [3.8, 4) is 0 Å². The molecule has 2 N–H and O–H groups in total. The highest BCUT2D eigenvalue weighted by atomic mass is 35.5. The number of hydrogen-bond donors (Lipinski definition) is 2. The maximum Gasteiger partial charge on any atom is 0.0931 e. The first kappa shape index (κ1) is 12.9. The van der Waals surface area contributed by atoms with Crippen LogP contribution in [-0.4, -0.2) is 31.5 Å². The second-order valence-corrected chi connectivity index (χ2v) is 4.74. The molecule has 0 aromatic carbocycles. The third-order valence-electron chi connectivity index (χ3n) is 2.02. The molecule has 0 fully saturated rings. The molecular weight excluding hydrogens is 234 g/mol. The predicted molar refractivity (Wildman–Crippen MR) is 63.7 cm³/mol. The van der Waals surface area contributed by atoms with Gasteiger partial charge in [-0.05, 0) is 23.9 Å². The van der Waals surface area contributed by atoms with Crippen LogP contribution >= 0.6 is 22.9 Å². The summed E-state index contributed by atoms with van der Waals surface area (Å²) in [5, 5.41) is 13.9. The van der Waals surface area contributed by atoms with Crippen molar-refractivity contribution in [1.82, 2.24) is 5.32 Å².